The first kappa shape index (κ1) is 35.3. The summed E-state index contributed by atoms with van der Waals surface area (Å²) < 4.78 is 37.8. The maximum Gasteiger partial charge on any atom is 0.490 e. The van der Waals surface area contributed by atoms with Crippen molar-refractivity contribution in [1.82, 2.24) is 25.1 Å². The Labute approximate surface area is 283 Å². The Balaban J connectivity index is 0.000000582. The van der Waals surface area contributed by atoms with E-state index in [1.807, 2.05) is 36.5 Å². The minimum atomic E-state index is -5.08. The molecule has 0 radical (unpaired) electrons. The molecule has 2 aromatic carbocycles. The van der Waals surface area contributed by atoms with Gasteiger partial charge < -0.3 is 20.1 Å². The van der Waals surface area contributed by atoms with Gasteiger partial charge in [-0.25, -0.2) is 14.8 Å². The number of aromatic nitrogens is 2. The van der Waals surface area contributed by atoms with Gasteiger partial charge in [0, 0.05) is 81.6 Å². The molecular formula is C34H39ClF3N7O3. The van der Waals surface area contributed by atoms with E-state index >= 15 is 0 Å². The molecule has 0 saturated carbocycles. The Morgan fingerprint density at radius 3 is 2.31 bits per heavy atom. The van der Waals surface area contributed by atoms with Crippen LogP contribution in [0.25, 0.3) is 0 Å². The van der Waals surface area contributed by atoms with E-state index in [-0.39, 0.29) is 5.41 Å². The molecule has 14 heteroatoms. The van der Waals surface area contributed by atoms with E-state index in [4.69, 9.17) is 31.2 Å². The minimum Gasteiger partial charge on any atom is -0.487 e. The van der Waals surface area contributed by atoms with Crippen molar-refractivity contribution in [2.45, 2.75) is 38.1 Å². The number of anilines is 1. The van der Waals surface area contributed by atoms with Crippen molar-refractivity contribution >= 4 is 23.5 Å². The van der Waals surface area contributed by atoms with E-state index in [1.165, 1.54) is 32.7 Å². The first-order valence-corrected chi connectivity index (χ1v) is 16.2. The summed E-state index contributed by atoms with van der Waals surface area (Å²) in [6.07, 6.45) is -3.25. The zero-order chi connectivity index (χ0) is 34.5. The van der Waals surface area contributed by atoms with Gasteiger partial charge in [-0.2, -0.15) is 18.4 Å². The second kappa shape index (κ2) is 15.1. The summed E-state index contributed by atoms with van der Waals surface area (Å²) >= 11 is 6.27. The molecule has 10 nitrogen and oxygen atoms in total. The molecule has 3 fully saturated rings. The Hall–Kier alpha value is -3.96. The number of nitriles is 1. The molecule has 0 unspecified atom stereocenters. The third-order valence-electron chi connectivity index (χ3n) is 9.09. The number of carbonyl (C=O) groups is 1. The van der Waals surface area contributed by atoms with Gasteiger partial charge in [0.25, 0.3) is 0 Å². The van der Waals surface area contributed by atoms with Gasteiger partial charge in [0.05, 0.1) is 17.3 Å². The molecule has 3 saturated heterocycles. The average molecular weight is 686 g/mol. The van der Waals surface area contributed by atoms with Crippen LogP contribution in [-0.2, 0) is 16.8 Å². The van der Waals surface area contributed by atoms with Crippen LogP contribution in [0.1, 0.15) is 36.2 Å². The number of halogens is 4. The Morgan fingerprint density at radius 1 is 1.06 bits per heavy atom. The largest absolute Gasteiger partial charge is 0.490 e. The van der Waals surface area contributed by atoms with Crippen LogP contribution < -0.4 is 15.0 Å². The number of piperazine rings is 1. The summed E-state index contributed by atoms with van der Waals surface area (Å²) in [6, 6.07) is 18.4. The lowest BCUT2D eigenvalue weighted by Crippen LogP contribution is -2.65. The second-order valence-electron chi connectivity index (χ2n) is 12.8. The number of carboxylic acids is 1. The highest BCUT2D eigenvalue weighted by Crippen LogP contribution is 2.34. The van der Waals surface area contributed by atoms with E-state index < -0.39 is 12.1 Å². The normalized spacial score (nSPS) is 17.8. The van der Waals surface area contributed by atoms with Crippen molar-refractivity contribution in [1.29, 1.82) is 5.26 Å². The molecule has 0 spiro atoms. The zero-order valence-electron chi connectivity index (χ0n) is 26.9. The SMILES string of the molecule is CC(C)(c1ccc(OCc2ccnc(N3CCN(C4CN(CC5CNC5)C4)CC3)n2)cc1)c1cc(Cl)cc(C#N)c1.O=C(O)C(F)(F)F. The number of ether oxygens (including phenoxy) is 1. The lowest BCUT2D eigenvalue weighted by molar-refractivity contribution is -0.192. The molecule has 256 valence electrons. The van der Waals surface area contributed by atoms with Crippen LogP contribution in [0.2, 0.25) is 5.02 Å². The number of hydrogen-bond acceptors (Lipinski definition) is 9. The van der Waals surface area contributed by atoms with Gasteiger partial charge in [-0.05, 0) is 53.4 Å². The molecule has 6 rings (SSSR count). The minimum absolute atomic E-state index is 0.313. The fourth-order valence-electron chi connectivity index (χ4n) is 5.98. The summed E-state index contributed by atoms with van der Waals surface area (Å²) in [5, 5.41) is 20.4. The van der Waals surface area contributed by atoms with Crippen LogP contribution in [0, 0.1) is 17.2 Å². The van der Waals surface area contributed by atoms with Crippen LogP contribution in [0.4, 0.5) is 19.1 Å². The first-order chi connectivity index (χ1) is 22.8. The molecule has 3 aliphatic rings. The highest BCUT2D eigenvalue weighted by atomic mass is 35.5. The lowest BCUT2D eigenvalue weighted by Gasteiger charge is -2.49. The van der Waals surface area contributed by atoms with Gasteiger partial charge in [-0.15, -0.1) is 0 Å². The topological polar surface area (TPSA) is 118 Å². The average Bonchev–Trinajstić information content (AvgIpc) is 3.02. The first-order valence-electron chi connectivity index (χ1n) is 15.8. The van der Waals surface area contributed by atoms with Crippen molar-refractivity contribution in [2.24, 2.45) is 5.92 Å². The van der Waals surface area contributed by atoms with Crippen molar-refractivity contribution in [3.8, 4) is 11.8 Å². The maximum absolute atomic E-state index is 10.6. The lowest BCUT2D eigenvalue weighted by atomic mass is 9.78. The monoisotopic (exact) mass is 685 g/mol. The van der Waals surface area contributed by atoms with Crippen molar-refractivity contribution in [2.75, 3.05) is 63.8 Å². The summed E-state index contributed by atoms with van der Waals surface area (Å²) in [4.78, 5) is 25.8. The quantitative estimate of drug-likeness (QED) is 0.332. The molecule has 0 bridgehead atoms. The van der Waals surface area contributed by atoms with E-state index in [1.54, 1.807) is 6.07 Å². The number of rotatable bonds is 9. The molecule has 48 heavy (non-hydrogen) atoms. The van der Waals surface area contributed by atoms with Crippen molar-refractivity contribution < 1.29 is 27.8 Å². The van der Waals surface area contributed by atoms with Crippen LogP contribution >= 0.6 is 11.6 Å². The van der Waals surface area contributed by atoms with E-state index in [2.05, 4.69) is 57.0 Å². The van der Waals surface area contributed by atoms with E-state index in [0.717, 1.165) is 60.6 Å². The number of hydrogen-bond donors (Lipinski definition) is 2. The summed E-state index contributed by atoms with van der Waals surface area (Å²) in [6.45, 7) is 14.7. The van der Waals surface area contributed by atoms with Crippen LogP contribution in [0.15, 0.2) is 54.7 Å². The third kappa shape index (κ3) is 8.93. The Morgan fingerprint density at radius 2 is 1.73 bits per heavy atom. The number of alkyl halides is 3. The number of nitrogens with zero attached hydrogens (tertiary/aromatic N) is 6. The maximum atomic E-state index is 10.6. The molecule has 0 aliphatic carbocycles. The molecule has 0 atom stereocenters. The fourth-order valence-corrected chi connectivity index (χ4v) is 6.21. The number of nitrogens with one attached hydrogen (secondary N) is 1. The Bertz CT molecular complexity index is 1600. The Kier molecular flexibility index (Phi) is 11.1. The molecule has 3 aromatic rings. The number of aliphatic carboxylic acids is 1. The van der Waals surface area contributed by atoms with Crippen LogP contribution in [-0.4, -0.2) is 102 Å². The van der Waals surface area contributed by atoms with Gasteiger partial charge in [0.1, 0.15) is 12.4 Å². The predicted molar refractivity (Wildman–Crippen MR) is 175 cm³/mol. The van der Waals surface area contributed by atoms with Gasteiger partial charge in [0.2, 0.25) is 5.95 Å². The van der Waals surface area contributed by atoms with Crippen LogP contribution in [0.5, 0.6) is 5.75 Å². The number of benzene rings is 2. The molecule has 4 heterocycles. The van der Waals surface area contributed by atoms with E-state index in [9.17, 15) is 18.4 Å². The van der Waals surface area contributed by atoms with E-state index in [0.29, 0.717) is 23.2 Å². The number of likely N-dealkylation sites (tertiary alicyclic amines) is 1. The van der Waals surface area contributed by atoms with Gasteiger partial charge >= 0.3 is 12.1 Å². The summed E-state index contributed by atoms with van der Waals surface area (Å²) in [7, 11) is 0. The molecule has 3 aliphatic heterocycles. The zero-order valence-corrected chi connectivity index (χ0v) is 27.6. The molecule has 1 aromatic heterocycles. The smallest absolute Gasteiger partial charge is 0.487 e. The van der Waals surface area contributed by atoms with Gasteiger partial charge in [-0.1, -0.05) is 37.6 Å². The molecule has 0 amide bonds. The summed E-state index contributed by atoms with van der Waals surface area (Å²) in [5.41, 5.74) is 3.23. The summed E-state index contributed by atoms with van der Waals surface area (Å²) in [5.74, 6) is -0.335. The predicted octanol–water partition coefficient (Wildman–Crippen LogP) is 4.57. The fraction of sp³-hybridized carbons (Fsp3) is 0.471. The highest BCUT2D eigenvalue weighted by molar-refractivity contribution is 6.30. The van der Waals surface area contributed by atoms with Crippen LogP contribution in [0.3, 0.4) is 0 Å². The highest BCUT2D eigenvalue weighted by Gasteiger charge is 2.38. The van der Waals surface area contributed by atoms with Crippen molar-refractivity contribution in [3.63, 3.8) is 0 Å². The van der Waals surface area contributed by atoms with Gasteiger partial charge in [0.15, 0.2) is 0 Å². The standard InChI is InChI=1S/C32H38ClN7O.C2HF3O2/c1-32(2,26-13-23(16-34)14-27(33)15-26)25-3-5-30(6-4-25)41-22-28-7-8-36-31(37-28)40-11-9-39(10-12-40)29-20-38(21-29)19-24-17-35-18-24;3-2(4,5)1(6)7/h3-8,13-15,24,29,35H,9-12,17-22H2,1-2H3;(H,6,7). The third-order valence-corrected chi connectivity index (χ3v) is 9.31. The number of carboxylic acid groups (broad SMARTS) is 1. The molecular weight excluding hydrogens is 647 g/mol. The van der Waals surface area contributed by atoms with Gasteiger partial charge in [-0.3, -0.25) is 9.80 Å². The van der Waals surface area contributed by atoms with Crippen molar-refractivity contribution in [3.05, 3.63) is 82.1 Å². The second-order valence-corrected chi connectivity index (χ2v) is 13.3. The molecule has 2 N–H and O–H groups in total.